The van der Waals surface area contributed by atoms with E-state index in [2.05, 4.69) is 10.5 Å². The molecule has 2 heterocycles. The molecule has 160 valence electrons. The van der Waals surface area contributed by atoms with Crippen LogP contribution in [0, 0.1) is 17.0 Å². The maximum absolute atomic E-state index is 13.2. The first kappa shape index (κ1) is 20.8. The first-order valence-electron chi connectivity index (χ1n) is 9.84. The van der Waals surface area contributed by atoms with Crippen LogP contribution < -0.4 is 5.43 Å². The fraction of sp³-hybridized carbons (Fsp3) is 0.0833. The molecule has 2 aromatic carbocycles. The Hall–Kier alpha value is -4.46. The van der Waals surface area contributed by atoms with Crippen molar-refractivity contribution in [1.29, 1.82) is 0 Å². The van der Waals surface area contributed by atoms with Crippen molar-refractivity contribution in [2.45, 2.75) is 13.8 Å². The number of aryl methyl sites for hydroxylation is 1. The van der Waals surface area contributed by atoms with Gasteiger partial charge in [-0.2, -0.15) is 5.10 Å². The second-order valence-corrected chi connectivity index (χ2v) is 7.35. The fourth-order valence-electron chi connectivity index (χ4n) is 3.51. The predicted octanol–water partition coefficient (Wildman–Crippen LogP) is 4.93. The lowest BCUT2D eigenvalue weighted by Gasteiger charge is -2.08. The molecule has 0 unspecified atom stereocenters. The number of hydrogen-bond donors (Lipinski definition) is 2. The summed E-state index contributed by atoms with van der Waals surface area (Å²) in [5.74, 6) is -0.163. The quantitative estimate of drug-likeness (QED) is 0.196. The van der Waals surface area contributed by atoms with Crippen LogP contribution in [0.5, 0.6) is 5.75 Å². The molecule has 0 bridgehead atoms. The van der Waals surface area contributed by atoms with E-state index in [4.69, 9.17) is 0 Å². The zero-order valence-corrected chi connectivity index (χ0v) is 17.4. The van der Waals surface area contributed by atoms with Crippen molar-refractivity contribution in [3.05, 3.63) is 105 Å². The number of anilines is 1. The van der Waals surface area contributed by atoms with E-state index in [1.165, 1.54) is 24.3 Å². The zero-order valence-electron chi connectivity index (χ0n) is 17.4. The lowest BCUT2D eigenvalue weighted by atomic mass is 10.0. The van der Waals surface area contributed by atoms with E-state index < -0.39 is 4.92 Å². The molecule has 8 heteroatoms. The lowest BCUT2D eigenvalue weighted by molar-refractivity contribution is -0.384. The third-order valence-electron chi connectivity index (χ3n) is 5.17. The molecule has 2 aromatic heterocycles. The smallest absolute Gasteiger partial charge is 0.294 e. The van der Waals surface area contributed by atoms with Gasteiger partial charge >= 0.3 is 0 Å². The topological polar surface area (TPSA) is 109 Å². The van der Waals surface area contributed by atoms with Crippen LogP contribution in [0.3, 0.4) is 0 Å². The summed E-state index contributed by atoms with van der Waals surface area (Å²) in [6.45, 7) is 3.58. The van der Waals surface area contributed by atoms with E-state index in [1.54, 1.807) is 35.7 Å². The first-order valence-corrected chi connectivity index (χ1v) is 9.84. The van der Waals surface area contributed by atoms with Crippen molar-refractivity contribution in [3.8, 4) is 5.75 Å². The van der Waals surface area contributed by atoms with Crippen molar-refractivity contribution >= 4 is 28.4 Å². The predicted molar refractivity (Wildman–Crippen MR) is 123 cm³/mol. The summed E-state index contributed by atoms with van der Waals surface area (Å²) in [7, 11) is 0. The van der Waals surface area contributed by atoms with Crippen molar-refractivity contribution < 1.29 is 14.8 Å². The van der Waals surface area contributed by atoms with Crippen LogP contribution in [0.25, 0.3) is 5.52 Å². The van der Waals surface area contributed by atoms with Gasteiger partial charge < -0.3 is 9.51 Å². The summed E-state index contributed by atoms with van der Waals surface area (Å²) in [6.07, 6.45) is 1.79. The van der Waals surface area contributed by atoms with Crippen LogP contribution in [-0.4, -0.2) is 25.9 Å². The van der Waals surface area contributed by atoms with E-state index >= 15 is 0 Å². The van der Waals surface area contributed by atoms with Gasteiger partial charge in [0.1, 0.15) is 11.4 Å². The minimum absolute atomic E-state index is 0.136. The van der Waals surface area contributed by atoms with Crippen LogP contribution in [-0.2, 0) is 0 Å². The summed E-state index contributed by atoms with van der Waals surface area (Å²) in [5, 5.41) is 25.3. The second-order valence-electron chi connectivity index (χ2n) is 7.35. The highest BCUT2D eigenvalue weighted by atomic mass is 16.6. The highest BCUT2D eigenvalue weighted by Gasteiger charge is 2.21. The molecule has 0 saturated carbocycles. The molecule has 0 radical (unpaired) electrons. The van der Waals surface area contributed by atoms with E-state index in [0.717, 1.165) is 16.6 Å². The van der Waals surface area contributed by atoms with Gasteiger partial charge in [-0.1, -0.05) is 6.07 Å². The molecule has 0 aliphatic heterocycles. The van der Waals surface area contributed by atoms with Crippen molar-refractivity contribution in [3.63, 3.8) is 0 Å². The Kier molecular flexibility index (Phi) is 5.43. The average molecular weight is 428 g/mol. The molecule has 0 saturated heterocycles. The van der Waals surface area contributed by atoms with E-state index in [-0.39, 0.29) is 28.5 Å². The molecular formula is C24H20N4O4. The molecule has 4 aromatic rings. The summed E-state index contributed by atoms with van der Waals surface area (Å²) >= 11 is 0. The van der Waals surface area contributed by atoms with Crippen LogP contribution in [0.2, 0.25) is 0 Å². The fourth-order valence-corrected chi connectivity index (χ4v) is 3.51. The van der Waals surface area contributed by atoms with Gasteiger partial charge in [-0.25, -0.2) is 0 Å². The third kappa shape index (κ3) is 3.93. The number of nitrogens with one attached hydrogen (secondary N) is 1. The second kappa shape index (κ2) is 8.35. The SMILES string of the molecule is C/C(=N/Nc1ccc(C(=O)c2c(C)cc3ccccn23)cc1[N+](=O)[O-])c1ccc(O)cc1. The van der Waals surface area contributed by atoms with Crippen molar-refractivity contribution in [2.24, 2.45) is 5.10 Å². The van der Waals surface area contributed by atoms with Gasteiger partial charge in [0, 0.05) is 23.3 Å². The standard InChI is InChI=1S/C24H20N4O4/c1-15-13-19-5-3-4-12-27(19)23(15)24(30)18-8-11-21(22(14-18)28(31)32)26-25-16(2)17-6-9-20(29)10-7-17/h3-14,26,29H,1-2H3/b25-16-. The normalized spacial score (nSPS) is 11.5. The van der Waals surface area contributed by atoms with Crippen LogP contribution in [0.15, 0.2) is 78.0 Å². The number of carbonyl (C=O) groups is 1. The Morgan fingerprint density at radius 3 is 2.50 bits per heavy atom. The maximum Gasteiger partial charge on any atom is 0.294 e. The first-order chi connectivity index (χ1) is 15.3. The average Bonchev–Trinajstić information content (AvgIpc) is 3.12. The number of hydrazone groups is 1. The van der Waals surface area contributed by atoms with Gasteiger partial charge in [-0.15, -0.1) is 0 Å². The number of aromatic hydroxyl groups is 1. The number of phenols is 1. The number of aromatic nitrogens is 1. The number of benzene rings is 2. The minimum Gasteiger partial charge on any atom is -0.508 e. The van der Waals surface area contributed by atoms with Gasteiger partial charge in [0.25, 0.3) is 5.69 Å². The summed E-state index contributed by atoms with van der Waals surface area (Å²) in [6, 6.07) is 18.2. The van der Waals surface area contributed by atoms with E-state index in [9.17, 15) is 20.0 Å². The third-order valence-corrected chi connectivity index (χ3v) is 5.17. The van der Waals surface area contributed by atoms with Crippen molar-refractivity contribution in [1.82, 2.24) is 4.40 Å². The minimum atomic E-state index is -0.548. The van der Waals surface area contributed by atoms with E-state index in [0.29, 0.717) is 11.4 Å². The number of ketones is 1. The van der Waals surface area contributed by atoms with Crippen LogP contribution in [0.1, 0.15) is 34.1 Å². The number of nitro groups is 1. The van der Waals surface area contributed by atoms with Gasteiger partial charge in [0.2, 0.25) is 5.78 Å². The van der Waals surface area contributed by atoms with Crippen LogP contribution in [0.4, 0.5) is 11.4 Å². The number of nitrogens with zero attached hydrogens (tertiary/aromatic N) is 3. The maximum atomic E-state index is 13.2. The van der Waals surface area contributed by atoms with E-state index in [1.807, 2.05) is 31.2 Å². The number of hydrogen-bond acceptors (Lipinski definition) is 6. The monoisotopic (exact) mass is 428 g/mol. The molecule has 0 spiro atoms. The zero-order chi connectivity index (χ0) is 22.8. The molecule has 8 nitrogen and oxygen atoms in total. The van der Waals surface area contributed by atoms with Gasteiger partial charge in [-0.05, 0) is 79.6 Å². The number of fused-ring (bicyclic) bond motifs is 1. The van der Waals surface area contributed by atoms with Gasteiger partial charge in [0.05, 0.1) is 16.3 Å². The summed E-state index contributed by atoms with van der Waals surface area (Å²) < 4.78 is 1.78. The number of pyridine rings is 1. The largest absolute Gasteiger partial charge is 0.508 e. The summed E-state index contributed by atoms with van der Waals surface area (Å²) in [4.78, 5) is 24.3. The lowest BCUT2D eigenvalue weighted by Crippen LogP contribution is -2.08. The molecular weight excluding hydrogens is 408 g/mol. The molecule has 0 atom stereocenters. The highest BCUT2D eigenvalue weighted by molar-refractivity contribution is 6.10. The van der Waals surface area contributed by atoms with Crippen LogP contribution >= 0.6 is 0 Å². The molecule has 0 amide bonds. The number of carbonyl (C=O) groups excluding carboxylic acids is 1. The molecule has 2 N–H and O–H groups in total. The molecule has 0 aliphatic rings. The van der Waals surface area contributed by atoms with Crippen molar-refractivity contribution in [2.75, 3.05) is 5.43 Å². The summed E-state index contributed by atoms with van der Waals surface area (Å²) in [5.41, 5.74) is 6.31. The Balaban J connectivity index is 1.66. The molecule has 0 fully saturated rings. The Bertz CT molecular complexity index is 1370. The van der Waals surface area contributed by atoms with Gasteiger partial charge in [-0.3, -0.25) is 20.3 Å². The Morgan fingerprint density at radius 2 is 1.78 bits per heavy atom. The van der Waals surface area contributed by atoms with Gasteiger partial charge in [0.15, 0.2) is 0 Å². The highest BCUT2D eigenvalue weighted by Crippen LogP contribution is 2.28. The Labute approximate surface area is 183 Å². The number of nitro benzene ring substituents is 1. The molecule has 4 rings (SSSR count). The molecule has 0 aliphatic carbocycles. The number of rotatable bonds is 6. The molecule has 32 heavy (non-hydrogen) atoms. The Morgan fingerprint density at radius 1 is 1.06 bits per heavy atom. The number of phenolic OH excluding ortho intramolecular Hbond substituents is 1.